The topological polar surface area (TPSA) is 12.5 Å². The van der Waals surface area contributed by atoms with E-state index in [9.17, 15) is 0 Å². The molecule has 1 aromatic carbocycles. The van der Waals surface area contributed by atoms with Gasteiger partial charge in [0, 0.05) is 18.1 Å². The van der Waals surface area contributed by atoms with E-state index in [4.69, 9.17) is 16.3 Å². The minimum absolute atomic E-state index is 0.384. The van der Waals surface area contributed by atoms with Crippen LogP contribution in [0.1, 0.15) is 32.3 Å². The number of hydrogen-bond donors (Lipinski definition) is 0. The van der Waals surface area contributed by atoms with Crippen molar-refractivity contribution < 1.29 is 4.74 Å². The van der Waals surface area contributed by atoms with Crippen LogP contribution in [0.2, 0.25) is 24.2 Å². The van der Waals surface area contributed by atoms with E-state index in [0.717, 1.165) is 18.1 Å². The Balaban J connectivity index is 1.69. The van der Waals surface area contributed by atoms with Gasteiger partial charge in [-0.15, -0.1) is 0 Å². The molecule has 1 aromatic rings. The van der Waals surface area contributed by atoms with Crippen LogP contribution in [0.3, 0.4) is 0 Å². The molecule has 0 amide bonds. The lowest BCUT2D eigenvalue weighted by atomic mass is 10.2. The standard InChI is InChI=1S/C19H32ClNOSi/c1-16-13-21(14-17(2)22-16)11-5-6-12-23(3,4)15-18-7-9-19(20)10-8-18/h7-10,16-17H,5-6,11-15H2,1-4H3. The van der Waals surface area contributed by atoms with Crippen molar-refractivity contribution in [2.45, 2.75) is 64.1 Å². The van der Waals surface area contributed by atoms with E-state index in [1.54, 1.807) is 0 Å². The number of hydrogen-bond acceptors (Lipinski definition) is 2. The van der Waals surface area contributed by atoms with Crippen molar-refractivity contribution >= 4 is 19.7 Å². The van der Waals surface area contributed by atoms with Crippen LogP contribution in [0, 0.1) is 0 Å². The first-order valence-corrected chi connectivity index (χ1v) is 12.8. The average molecular weight is 354 g/mol. The summed E-state index contributed by atoms with van der Waals surface area (Å²) < 4.78 is 5.81. The third kappa shape index (κ3) is 6.96. The summed E-state index contributed by atoms with van der Waals surface area (Å²) in [6.07, 6.45) is 3.44. The second kappa shape index (κ2) is 8.66. The third-order valence-electron chi connectivity index (χ3n) is 4.67. The van der Waals surface area contributed by atoms with Crippen molar-refractivity contribution in [3.05, 3.63) is 34.9 Å². The summed E-state index contributed by atoms with van der Waals surface area (Å²) >= 11 is 5.98. The first-order chi connectivity index (χ1) is 10.8. The summed E-state index contributed by atoms with van der Waals surface area (Å²) in [4.78, 5) is 2.58. The summed E-state index contributed by atoms with van der Waals surface area (Å²) in [5.74, 6) is 0. The summed E-state index contributed by atoms with van der Waals surface area (Å²) in [6, 6.07) is 11.1. The molecular formula is C19H32ClNOSi. The molecule has 23 heavy (non-hydrogen) atoms. The molecule has 0 saturated carbocycles. The van der Waals surface area contributed by atoms with Gasteiger partial charge < -0.3 is 4.74 Å². The van der Waals surface area contributed by atoms with Crippen molar-refractivity contribution in [3.63, 3.8) is 0 Å². The maximum Gasteiger partial charge on any atom is 0.0678 e. The van der Waals surface area contributed by atoms with Crippen molar-refractivity contribution in [3.8, 4) is 0 Å². The van der Waals surface area contributed by atoms with Gasteiger partial charge in [-0.05, 0) is 45.0 Å². The molecule has 2 nitrogen and oxygen atoms in total. The fourth-order valence-corrected chi connectivity index (χ4v) is 6.50. The number of ether oxygens (including phenoxy) is 1. The monoisotopic (exact) mass is 353 g/mol. The smallest absolute Gasteiger partial charge is 0.0678 e. The SMILES string of the molecule is CC1CN(CCCC[Si](C)(C)Cc2ccc(Cl)cc2)CC(C)O1. The lowest BCUT2D eigenvalue weighted by Crippen LogP contribution is -2.45. The van der Waals surface area contributed by atoms with E-state index in [0.29, 0.717) is 12.2 Å². The van der Waals surface area contributed by atoms with Crippen LogP contribution in [0.25, 0.3) is 0 Å². The summed E-state index contributed by atoms with van der Waals surface area (Å²) in [5, 5.41) is 0.835. The average Bonchev–Trinajstić information content (AvgIpc) is 2.45. The quantitative estimate of drug-likeness (QED) is 0.504. The van der Waals surface area contributed by atoms with Crippen molar-refractivity contribution in [2.24, 2.45) is 0 Å². The predicted molar refractivity (Wildman–Crippen MR) is 103 cm³/mol. The van der Waals surface area contributed by atoms with Gasteiger partial charge in [0.05, 0.1) is 20.3 Å². The van der Waals surface area contributed by atoms with Crippen LogP contribution in [0.4, 0.5) is 0 Å². The molecule has 1 fully saturated rings. The molecule has 1 saturated heterocycles. The van der Waals surface area contributed by atoms with Gasteiger partial charge in [-0.3, -0.25) is 4.90 Å². The Kier molecular flexibility index (Phi) is 7.14. The molecule has 0 bridgehead atoms. The van der Waals surface area contributed by atoms with Gasteiger partial charge in [0.15, 0.2) is 0 Å². The van der Waals surface area contributed by atoms with Crippen LogP contribution >= 0.6 is 11.6 Å². The molecule has 0 N–H and O–H groups in total. The van der Waals surface area contributed by atoms with Gasteiger partial charge in [0.1, 0.15) is 0 Å². The Morgan fingerprint density at radius 3 is 2.30 bits per heavy atom. The van der Waals surface area contributed by atoms with Crippen LogP contribution < -0.4 is 0 Å². The number of halogens is 1. The fraction of sp³-hybridized carbons (Fsp3) is 0.684. The number of unbranched alkanes of at least 4 members (excludes halogenated alkanes) is 1. The van der Waals surface area contributed by atoms with Gasteiger partial charge in [0.25, 0.3) is 0 Å². The van der Waals surface area contributed by atoms with Gasteiger partial charge in [-0.25, -0.2) is 0 Å². The van der Waals surface area contributed by atoms with E-state index in [2.05, 4.69) is 44.0 Å². The largest absolute Gasteiger partial charge is 0.373 e. The first-order valence-electron chi connectivity index (χ1n) is 8.96. The highest BCUT2D eigenvalue weighted by molar-refractivity contribution is 6.76. The molecule has 2 unspecified atom stereocenters. The molecule has 2 atom stereocenters. The van der Waals surface area contributed by atoms with Gasteiger partial charge >= 0.3 is 0 Å². The Labute approximate surface area is 148 Å². The number of rotatable bonds is 7. The van der Waals surface area contributed by atoms with E-state index < -0.39 is 8.07 Å². The molecule has 1 aliphatic rings. The fourth-order valence-electron chi connectivity index (χ4n) is 3.65. The maximum atomic E-state index is 5.98. The molecule has 130 valence electrons. The van der Waals surface area contributed by atoms with Crippen molar-refractivity contribution in [1.29, 1.82) is 0 Å². The molecule has 0 aliphatic carbocycles. The van der Waals surface area contributed by atoms with Gasteiger partial charge in [-0.2, -0.15) is 0 Å². The number of nitrogens with zero attached hydrogens (tertiary/aromatic N) is 1. The third-order valence-corrected chi connectivity index (χ3v) is 7.99. The first kappa shape index (κ1) is 19.0. The van der Waals surface area contributed by atoms with Crippen LogP contribution in [0.5, 0.6) is 0 Å². The highest BCUT2D eigenvalue weighted by Crippen LogP contribution is 2.21. The van der Waals surface area contributed by atoms with Crippen LogP contribution in [0.15, 0.2) is 24.3 Å². The maximum absolute atomic E-state index is 5.98. The van der Waals surface area contributed by atoms with Gasteiger partial charge in [0.2, 0.25) is 0 Å². The molecule has 4 heteroatoms. The molecule has 0 radical (unpaired) electrons. The minimum Gasteiger partial charge on any atom is -0.373 e. The minimum atomic E-state index is -1.16. The molecular weight excluding hydrogens is 322 g/mol. The lowest BCUT2D eigenvalue weighted by molar-refractivity contribution is -0.0680. The van der Waals surface area contributed by atoms with E-state index in [1.165, 1.54) is 37.0 Å². The van der Waals surface area contributed by atoms with Crippen LogP contribution in [-0.4, -0.2) is 44.8 Å². The summed E-state index contributed by atoms with van der Waals surface area (Å²) in [5.41, 5.74) is 1.45. The zero-order valence-corrected chi connectivity index (χ0v) is 16.9. The molecule has 1 heterocycles. The van der Waals surface area contributed by atoms with Crippen molar-refractivity contribution in [1.82, 2.24) is 4.90 Å². The zero-order valence-electron chi connectivity index (χ0n) is 15.1. The van der Waals surface area contributed by atoms with E-state index in [1.807, 2.05) is 12.1 Å². The highest BCUT2D eigenvalue weighted by Gasteiger charge is 2.23. The molecule has 1 aliphatic heterocycles. The Morgan fingerprint density at radius 1 is 1.09 bits per heavy atom. The summed E-state index contributed by atoms with van der Waals surface area (Å²) in [6.45, 7) is 12.8. The van der Waals surface area contributed by atoms with Gasteiger partial charge in [-0.1, -0.05) is 54.9 Å². The molecule has 0 aromatic heterocycles. The Morgan fingerprint density at radius 2 is 1.70 bits per heavy atom. The van der Waals surface area contributed by atoms with E-state index in [-0.39, 0.29) is 0 Å². The highest BCUT2D eigenvalue weighted by atomic mass is 35.5. The van der Waals surface area contributed by atoms with Crippen molar-refractivity contribution in [2.75, 3.05) is 19.6 Å². The van der Waals surface area contributed by atoms with E-state index >= 15 is 0 Å². The normalized spacial score (nSPS) is 23.2. The number of benzene rings is 1. The zero-order chi connectivity index (χ0) is 16.9. The second-order valence-corrected chi connectivity index (χ2v) is 13.6. The summed E-state index contributed by atoms with van der Waals surface area (Å²) in [7, 11) is -1.16. The second-order valence-electron chi connectivity index (χ2n) is 7.94. The number of morpholine rings is 1. The lowest BCUT2D eigenvalue weighted by Gasteiger charge is -2.35. The Hall–Kier alpha value is -0.353. The predicted octanol–water partition coefficient (Wildman–Crippen LogP) is 5.02. The molecule has 0 spiro atoms. The Bertz CT molecular complexity index is 467. The van der Waals surface area contributed by atoms with Crippen LogP contribution in [-0.2, 0) is 10.8 Å². The molecule has 2 rings (SSSR count).